The van der Waals surface area contributed by atoms with Crippen molar-refractivity contribution in [2.24, 2.45) is 5.92 Å². The molecule has 2 aliphatic rings. The van der Waals surface area contributed by atoms with E-state index in [0.717, 1.165) is 37.1 Å². The second-order valence-electron chi connectivity index (χ2n) is 7.86. The molecule has 1 unspecified atom stereocenters. The van der Waals surface area contributed by atoms with Crippen LogP contribution in [0.4, 0.5) is 4.79 Å². The zero-order valence-corrected chi connectivity index (χ0v) is 16.6. The maximum Gasteiger partial charge on any atom is 0.330 e. The normalized spacial score (nSPS) is 18.8. The Balaban J connectivity index is 1.58. The maximum atomic E-state index is 12.7. The lowest BCUT2D eigenvalue weighted by atomic mass is 9.94. The van der Waals surface area contributed by atoms with Gasteiger partial charge in [0, 0.05) is 32.1 Å². The van der Waals surface area contributed by atoms with Crippen LogP contribution in [0.2, 0.25) is 0 Å². The lowest BCUT2D eigenvalue weighted by Gasteiger charge is -2.34. The van der Waals surface area contributed by atoms with E-state index in [9.17, 15) is 19.5 Å². The monoisotopic (exact) mass is 387 g/mol. The van der Waals surface area contributed by atoms with Crippen molar-refractivity contribution in [2.45, 2.75) is 45.6 Å². The Morgan fingerprint density at radius 1 is 1.00 bits per heavy atom. The number of aliphatic carboxylic acids is 1. The van der Waals surface area contributed by atoms with E-state index >= 15 is 0 Å². The summed E-state index contributed by atoms with van der Waals surface area (Å²) in [7, 11) is 0. The zero-order chi connectivity index (χ0) is 20.3. The van der Waals surface area contributed by atoms with Crippen molar-refractivity contribution in [3.63, 3.8) is 0 Å². The number of nitrogens with zero attached hydrogens (tertiary/aromatic N) is 2. The summed E-state index contributed by atoms with van der Waals surface area (Å²) in [5.41, 5.74) is 2.64. The van der Waals surface area contributed by atoms with E-state index in [-0.39, 0.29) is 17.9 Å². The third-order valence-corrected chi connectivity index (χ3v) is 5.91. The van der Waals surface area contributed by atoms with Crippen LogP contribution in [-0.2, 0) is 9.59 Å². The number of carboxylic acids is 1. The van der Waals surface area contributed by atoms with Crippen molar-refractivity contribution in [3.8, 4) is 0 Å². The van der Waals surface area contributed by atoms with Gasteiger partial charge in [0.05, 0.1) is 0 Å². The molecular formula is C21H29N3O4. The van der Waals surface area contributed by atoms with E-state index in [2.05, 4.69) is 5.32 Å². The molecular weight excluding hydrogens is 358 g/mol. The fourth-order valence-corrected chi connectivity index (χ4v) is 3.93. The standard InChI is InChI=1S/C21H29N3O4/c1-14-5-6-17(13-15(14)2)18(20(26)27)22-19(25)16-7-11-24(12-8-16)21(28)23-9-3-4-10-23/h5-6,13,16,18H,3-4,7-12H2,1-2H3,(H,22,25)(H,26,27). The number of likely N-dealkylation sites (tertiary alicyclic amines) is 2. The van der Waals surface area contributed by atoms with Crippen LogP contribution in [0.15, 0.2) is 18.2 Å². The molecule has 1 atom stereocenters. The number of nitrogens with one attached hydrogen (secondary N) is 1. The molecule has 2 heterocycles. The van der Waals surface area contributed by atoms with Gasteiger partial charge in [0.25, 0.3) is 0 Å². The van der Waals surface area contributed by atoms with Gasteiger partial charge in [-0.3, -0.25) is 4.79 Å². The smallest absolute Gasteiger partial charge is 0.330 e. The minimum atomic E-state index is -1.07. The Morgan fingerprint density at radius 2 is 1.61 bits per heavy atom. The molecule has 7 heteroatoms. The van der Waals surface area contributed by atoms with Crippen LogP contribution in [0.1, 0.15) is 48.4 Å². The first kappa shape index (κ1) is 20.2. The number of carbonyl (C=O) groups excluding carboxylic acids is 2. The molecule has 152 valence electrons. The zero-order valence-electron chi connectivity index (χ0n) is 16.6. The molecule has 2 aliphatic heterocycles. The molecule has 7 nitrogen and oxygen atoms in total. The molecule has 1 aromatic carbocycles. The van der Waals surface area contributed by atoms with Crippen LogP contribution in [-0.4, -0.2) is 59.0 Å². The summed E-state index contributed by atoms with van der Waals surface area (Å²) in [4.78, 5) is 40.6. The third-order valence-electron chi connectivity index (χ3n) is 5.91. The summed E-state index contributed by atoms with van der Waals surface area (Å²) in [5, 5.41) is 12.3. The number of carboxylic acid groups (broad SMARTS) is 1. The lowest BCUT2D eigenvalue weighted by molar-refractivity contribution is -0.143. The lowest BCUT2D eigenvalue weighted by Crippen LogP contribution is -2.48. The molecule has 2 N–H and O–H groups in total. The fraction of sp³-hybridized carbons (Fsp3) is 0.571. The van der Waals surface area contributed by atoms with E-state index in [1.165, 1.54) is 0 Å². The third kappa shape index (κ3) is 4.46. The number of piperidine rings is 1. The molecule has 28 heavy (non-hydrogen) atoms. The summed E-state index contributed by atoms with van der Waals surface area (Å²) >= 11 is 0. The second-order valence-corrected chi connectivity index (χ2v) is 7.86. The summed E-state index contributed by atoms with van der Waals surface area (Å²) in [6.07, 6.45) is 3.23. The van der Waals surface area contributed by atoms with Crippen LogP contribution in [0.3, 0.4) is 0 Å². The van der Waals surface area contributed by atoms with Crippen molar-refractivity contribution in [3.05, 3.63) is 34.9 Å². The van der Waals surface area contributed by atoms with Gasteiger partial charge in [0.15, 0.2) is 6.04 Å². The van der Waals surface area contributed by atoms with E-state index in [1.54, 1.807) is 6.07 Å². The van der Waals surface area contributed by atoms with E-state index in [0.29, 0.717) is 31.5 Å². The van der Waals surface area contributed by atoms with Gasteiger partial charge < -0.3 is 20.2 Å². The number of hydrogen-bond acceptors (Lipinski definition) is 3. The van der Waals surface area contributed by atoms with Crippen molar-refractivity contribution in [2.75, 3.05) is 26.2 Å². The highest BCUT2D eigenvalue weighted by molar-refractivity contribution is 5.86. The highest BCUT2D eigenvalue weighted by atomic mass is 16.4. The van der Waals surface area contributed by atoms with Crippen molar-refractivity contribution < 1.29 is 19.5 Å². The van der Waals surface area contributed by atoms with Crippen LogP contribution in [0, 0.1) is 19.8 Å². The molecule has 0 aromatic heterocycles. The molecule has 0 radical (unpaired) electrons. The van der Waals surface area contributed by atoms with Crippen LogP contribution >= 0.6 is 0 Å². The highest BCUT2D eigenvalue weighted by Gasteiger charge is 2.32. The minimum absolute atomic E-state index is 0.0647. The number of aryl methyl sites for hydroxylation is 2. The van der Waals surface area contributed by atoms with Gasteiger partial charge in [-0.05, 0) is 56.2 Å². The Bertz CT molecular complexity index is 750. The Morgan fingerprint density at radius 3 is 2.18 bits per heavy atom. The molecule has 2 saturated heterocycles. The summed E-state index contributed by atoms with van der Waals surface area (Å²) < 4.78 is 0. The topological polar surface area (TPSA) is 90.0 Å². The number of hydrogen-bond donors (Lipinski definition) is 2. The van der Waals surface area contributed by atoms with Crippen molar-refractivity contribution in [1.29, 1.82) is 0 Å². The van der Waals surface area contributed by atoms with Gasteiger partial charge >= 0.3 is 12.0 Å². The first-order valence-corrected chi connectivity index (χ1v) is 10.0. The quantitative estimate of drug-likeness (QED) is 0.830. The van der Waals surface area contributed by atoms with Gasteiger partial charge in [-0.25, -0.2) is 9.59 Å². The molecule has 3 rings (SSSR count). The Kier molecular flexibility index (Phi) is 6.21. The van der Waals surface area contributed by atoms with E-state index in [4.69, 9.17) is 0 Å². The van der Waals surface area contributed by atoms with Crippen LogP contribution < -0.4 is 5.32 Å². The summed E-state index contributed by atoms with van der Waals surface area (Å²) in [5.74, 6) is -1.59. The Labute approximate surface area is 165 Å². The van der Waals surface area contributed by atoms with Gasteiger partial charge in [-0.2, -0.15) is 0 Å². The second kappa shape index (κ2) is 8.63. The number of rotatable bonds is 4. The average molecular weight is 387 g/mol. The fourth-order valence-electron chi connectivity index (χ4n) is 3.93. The number of amides is 3. The number of carbonyl (C=O) groups is 3. The summed E-state index contributed by atoms with van der Waals surface area (Å²) in [6.45, 7) is 6.59. The SMILES string of the molecule is Cc1ccc(C(NC(=O)C2CCN(C(=O)N3CCCC3)CC2)C(=O)O)cc1C. The molecule has 0 aliphatic carbocycles. The van der Waals surface area contributed by atoms with Crippen LogP contribution in [0.5, 0.6) is 0 Å². The Hall–Kier alpha value is -2.57. The summed E-state index contributed by atoms with van der Waals surface area (Å²) in [6, 6.07) is 4.44. The molecule has 3 amide bonds. The maximum absolute atomic E-state index is 12.7. The van der Waals surface area contributed by atoms with E-state index in [1.807, 2.05) is 35.8 Å². The molecule has 0 saturated carbocycles. The van der Waals surface area contributed by atoms with Gasteiger partial charge in [0.1, 0.15) is 0 Å². The van der Waals surface area contributed by atoms with Crippen molar-refractivity contribution >= 4 is 17.9 Å². The molecule has 1 aromatic rings. The van der Waals surface area contributed by atoms with Crippen LogP contribution in [0.25, 0.3) is 0 Å². The first-order chi connectivity index (χ1) is 13.4. The number of urea groups is 1. The minimum Gasteiger partial charge on any atom is -0.479 e. The highest BCUT2D eigenvalue weighted by Crippen LogP contribution is 2.23. The van der Waals surface area contributed by atoms with Gasteiger partial charge in [0.2, 0.25) is 5.91 Å². The first-order valence-electron chi connectivity index (χ1n) is 10.0. The predicted octanol–water partition coefficient (Wildman–Crippen LogP) is 2.47. The van der Waals surface area contributed by atoms with E-state index < -0.39 is 12.0 Å². The van der Waals surface area contributed by atoms with Crippen molar-refractivity contribution in [1.82, 2.24) is 15.1 Å². The number of benzene rings is 1. The van der Waals surface area contributed by atoms with Gasteiger partial charge in [-0.1, -0.05) is 18.2 Å². The molecule has 0 spiro atoms. The predicted molar refractivity (Wildman–Crippen MR) is 105 cm³/mol. The largest absolute Gasteiger partial charge is 0.479 e. The molecule has 0 bridgehead atoms. The van der Waals surface area contributed by atoms with Gasteiger partial charge in [-0.15, -0.1) is 0 Å². The average Bonchev–Trinajstić information content (AvgIpc) is 3.22. The molecule has 2 fully saturated rings.